The summed E-state index contributed by atoms with van der Waals surface area (Å²) in [5, 5.41) is 15.8. The number of nitrogens with zero attached hydrogens (tertiary/aromatic N) is 3. The zero-order valence-corrected chi connectivity index (χ0v) is 12.0. The number of aliphatic hydroxyl groups excluding tert-OH is 1. The quantitative estimate of drug-likeness (QED) is 0.753. The summed E-state index contributed by atoms with van der Waals surface area (Å²) in [6, 6.07) is 5.23. The lowest BCUT2D eigenvalue weighted by Gasteiger charge is -2.13. The maximum atomic E-state index is 12.0. The van der Waals surface area contributed by atoms with E-state index in [4.69, 9.17) is 5.11 Å². The third-order valence-electron chi connectivity index (χ3n) is 3.48. The first-order valence-corrected chi connectivity index (χ1v) is 7.07. The van der Waals surface area contributed by atoms with Gasteiger partial charge in [0.05, 0.1) is 0 Å². The normalized spacial score (nSPS) is 12.5. The number of aromatic nitrogens is 3. The molecule has 7 nitrogen and oxygen atoms in total. The monoisotopic (exact) mass is 292 g/mol. The predicted molar refractivity (Wildman–Crippen MR) is 77.9 cm³/mol. The molecule has 1 unspecified atom stereocenters. The molecule has 0 aliphatic carbocycles. The Morgan fingerprint density at radius 3 is 2.95 bits per heavy atom. The largest absolute Gasteiger partial charge is 0.396 e. The van der Waals surface area contributed by atoms with Crippen LogP contribution in [0.1, 0.15) is 19.8 Å². The van der Waals surface area contributed by atoms with Gasteiger partial charge < -0.3 is 10.4 Å². The van der Waals surface area contributed by atoms with Gasteiger partial charge in [0, 0.05) is 19.3 Å². The zero-order valence-electron chi connectivity index (χ0n) is 12.0. The van der Waals surface area contributed by atoms with Crippen LogP contribution in [0.3, 0.4) is 0 Å². The minimum Gasteiger partial charge on any atom is -0.396 e. The van der Waals surface area contributed by atoms with Crippen molar-refractivity contribution in [2.45, 2.75) is 26.3 Å². The summed E-state index contributed by atoms with van der Waals surface area (Å²) >= 11 is 0. The maximum Gasteiger partial charge on any atom is 0.350 e. The van der Waals surface area contributed by atoms with Crippen LogP contribution in [0.2, 0.25) is 0 Å². The Balaban J connectivity index is 1.98. The fraction of sp³-hybridized carbons (Fsp3) is 0.500. The third kappa shape index (κ3) is 3.69. The van der Waals surface area contributed by atoms with Crippen LogP contribution in [0.5, 0.6) is 0 Å². The minimum absolute atomic E-state index is 0.101. The molecule has 0 aliphatic rings. The maximum absolute atomic E-state index is 12.0. The Hall–Kier alpha value is -2.15. The van der Waals surface area contributed by atoms with Crippen molar-refractivity contribution in [2.75, 3.05) is 13.2 Å². The van der Waals surface area contributed by atoms with Crippen LogP contribution in [0.25, 0.3) is 5.65 Å². The molecule has 0 radical (unpaired) electrons. The van der Waals surface area contributed by atoms with E-state index in [1.165, 1.54) is 4.40 Å². The van der Waals surface area contributed by atoms with E-state index in [-0.39, 0.29) is 30.7 Å². The van der Waals surface area contributed by atoms with E-state index in [0.717, 1.165) is 11.1 Å². The summed E-state index contributed by atoms with van der Waals surface area (Å²) in [6.45, 7) is 2.52. The topological polar surface area (TPSA) is 88.6 Å². The van der Waals surface area contributed by atoms with Gasteiger partial charge in [0.2, 0.25) is 5.91 Å². The third-order valence-corrected chi connectivity index (χ3v) is 3.48. The molecule has 0 aromatic carbocycles. The summed E-state index contributed by atoms with van der Waals surface area (Å²) in [7, 11) is 0. The number of aliphatic hydroxyl groups is 1. The number of amides is 1. The summed E-state index contributed by atoms with van der Waals surface area (Å²) in [6.07, 6.45) is 3.16. The van der Waals surface area contributed by atoms with Crippen LogP contribution in [0.4, 0.5) is 0 Å². The first-order valence-electron chi connectivity index (χ1n) is 7.07. The van der Waals surface area contributed by atoms with E-state index < -0.39 is 0 Å². The molecule has 2 aromatic rings. The van der Waals surface area contributed by atoms with Crippen LogP contribution < -0.4 is 11.0 Å². The van der Waals surface area contributed by atoms with Gasteiger partial charge in [-0.1, -0.05) is 19.4 Å². The second kappa shape index (κ2) is 7.03. The number of carbonyl (C=O) groups excluding carboxylic acids is 1. The molecule has 2 rings (SSSR count). The minimum atomic E-state index is -0.330. The van der Waals surface area contributed by atoms with Crippen molar-refractivity contribution in [3.8, 4) is 0 Å². The van der Waals surface area contributed by atoms with Crippen LogP contribution in [-0.4, -0.2) is 38.3 Å². The second-order valence-electron chi connectivity index (χ2n) is 4.96. The Labute approximate surface area is 122 Å². The van der Waals surface area contributed by atoms with Crippen LogP contribution >= 0.6 is 0 Å². The van der Waals surface area contributed by atoms with Gasteiger partial charge in [0.25, 0.3) is 0 Å². The predicted octanol–water partition coefficient (Wildman–Crippen LogP) is 0.0208. The fourth-order valence-corrected chi connectivity index (χ4v) is 2.15. The SMILES string of the molecule is CCC(CCO)CNC(=O)Cn1nc2ccccn2c1=O. The Morgan fingerprint density at radius 2 is 2.29 bits per heavy atom. The Bertz CT molecular complexity index is 662. The van der Waals surface area contributed by atoms with E-state index in [2.05, 4.69) is 10.4 Å². The van der Waals surface area contributed by atoms with Crippen molar-refractivity contribution in [1.29, 1.82) is 0 Å². The van der Waals surface area contributed by atoms with Gasteiger partial charge in [-0.3, -0.25) is 9.20 Å². The van der Waals surface area contributed by atoms with E-state index in [0.29, 0.717) is 18.6 Å². The summed E-state index contributed by atoms with van der Waals surface area (Å²) in [5.41, 5.74) is 0.185. The highest BCUT2D eigenvalue weighted by Gasteiger charge is 2.12. The number of carbonyl (C=O) groups is 1. The van der Waals surface area contributed by atoms with Gasteiger partial charge in [-0.05, 0) is 24.5 Å². The molecule has 1 atom stereocenters. The van der Waals surface area contributed by atoms with Crippen molar-refractivity contribution >= 4 is 11.6 Å². The summed E-state index contributed by atoms with van der Waals surface area (Å²) < 4.78 is 2.55. The number of rotatable bonds is 7. The lowest BCUT2D eigenvalue weighted by atomic mass is 10.0. The molecule has 0 aliphatic heterocycles. The number of fused-ring (bicyclic) bond motifs is 1. The molecule has 0 saturated heterocycles. The second-order valence-corrected chi connectivity index (χ2v) is 4.96. The van der Waals surface area contributed by atoms with Crippen molar-refractivity contribution < 1.29 is 9.90 Å². The summed E-state index contributed by atoms with van der Waals surface area (Å²) in [4.78, 5) is 23.9. The molecule has 21 heavy (non-hydrogen) atoms. The van der Waals surface area contributed by atoms with Gasteiger partial charge in [0.15, 0.2) is 5.65 Å². The highest BCUT2D eigenvalue weighted by atomic mass is 16.3. The molecule has 2 N–H and O–H groups in total. The number of hydrogen-bond acceptors (Lipinski definition) is 4. The lowest BCUT2D eigenvalue weighted by Crippen LogP contribution is -2.35. The molecule has 0 saturated carbocycles. The molecule has 7 heteroatoms. The molecule has 1 amide bonds. The van der Waals surface area contributed by atoms with Crippen molar-refractivity contribution in [3.05, 3.63) is 34.9 Å². The smallest absolute Gasteiger partial charge is 0.350 e. The van der Waals surface area contributed by atoms with Gasteiger partial charge in [-0.25, -0.2) is 9.48 Å². The fourth-order valence-electron chi connectivity index (χ4n) is 2.15. The molecular formula is C14H20N4O3. The number of hydrogen-bond donors (Lipinski definition) is 2. The van der Waals surface area contributed by atoms with Gasteiger partial charge in [-0.15, -0.1) is 5.10 Å². The van der Waals surface area contributed by atoms with E-state index in [9.17, 15) is 9.59 Å². The average molecular weight is 292 g/mol. The number of nitrogens with one attached hydrogen (secondary N) is 1. The molecule has 0 spiro atoms. The average Bonchev–Trinajstić information content (AvgIpc) is 2.80. The highest BCUT2D eigenvalue weighted by molar-refractivity contribution is 5.75. The van der Waals surface area contributed by atoms with Crippen LogP contribution in [-0.2, 0) is 11.3 Å². The van der Waals surface area contributed by atoms with E-state index in [1.54, 1.807) is 24.4 Å². The van der Waals surface area contributed by atoms with Gasteiger partial charge in [-0.2, -0.15) is 0 Å². The molecule has 2 heterocycles. The number of pyridine rings is 1. The first-order chi connectivity index (χ1) is 10.2. The van der Waals surface area contributed by atoms with Crippen LogP contribution in [0.15, 0.2) is 29.2 Å². The van der Waals surface area contributed by atoms with Gasteiger partial charge >= 0.3 is 5.69 Å². The molecule has 0 fully saturated rings. The zero-order chi connectivity index (χ0) is 15.2. The lowest BCUT2D eigenvalue weighted by molar-refractivity contribution is -0.122. The Morgan fingerprint density at radius 1 is 1.48 bits per heavy atom. The molecule has 2 aromatic heterocycles. The van der Waals surface area contributed by atoms with Gasteiger partial charge in [0.1, 0.15) is 6.54 Å². The van der Waals surface area contributed by atoms with Crippen molar-refractivity contribution in [3.63, 3.8) is 0 Å². The molecule has 114 valence electrons. The standard InChI is InChI=1S/C14H20N4O3/c1-2-11(6-8-19)9-15-13(20)10-18-14(21)17-7-4-3-5-12(17)16-18/h3-5,7,11,19H,2,6,8-10H2,1H3,(H,15,20). The molecular weight excluding hydrogens is 272 g/mol. The van der Waals surface area contributed by atoms with E-state index >= 15 is 0 Å². The van der Waals surface area contributed by atoms with E-state index in [1.807, 2.05) is 6.92 Å². The van der Waals surface area contributed by atoms with Crippen molar-refractivity contribution in [1.82, 2.24) is 19.5 Å². The van der Waals surface area contributed by atoms with Crippen LogP contribution in [0, 0.1) is 5.92 Å². The summed E-state index contributed by atoms with van der Waals surface area (Å²) in [5.74, 6) is -0.00589. The Kier molecular flexibility index (Phi) is 5.10. The molecule has 0 bridgehead atoms. The first kappa shape index (κ1) is 15.2. The van der Waals surface area contributed by atoms with Crippen molar-refractivity contribution in [2.24, 2.45) is 5.92 Å². The highest BCUT2D eigenvalue weighted by Crippen LogP contribution is 2.05.